The van der Waals surface area contributed by atoms with E-state index in [-0.39, 0.29) is 17.2 Å². The van der Waals surface area contributed by atoms with Crippen LogP contribution in [0.25, 0.3) is 11.0 Å². The van der Waals surface area contributed by atoms with E-state index in [4.69, 9.17) is 0 Å². The van der Waals surface area contributed by atoms with E-state index in [1.165, 1.54) is 19.1 Å². The van der Waals surface area contributed by atoms with Crippen LogP contribution in [0.1, 0.15) is 22.8 Å². The predicted molar refractivity (Wildman–Crippen MR) is 89.3 cm³/mol. The Morgan fingerprint density at radius 1 is 1.17 bits per heavy atom. The molecular weight excluding hydrogens is 312 g/mol. The number of Topliss-reactive ketones (excluding diaryl/α,β-unsaturated/α-hetero) is 1. The molecule has 0 aliphatic rings. The SMILES string of the molecule is CC(=O)c1ccc(NCc2ccc3[nH]c(=O)[nH]c3c2)c([N+](=O)[O-])c1. The first-order valence-corrected chi connectivity index (χ1v) is 7.18. The molecule has 0 radical (unpaired) electrons. The van der Waals surface area contributed by atoms with E-state index in [9.17, 15) is 19.7 Å². The Labute approximate surface area is 135 Å². The highest BCUT2D eigenvalue weighted by molar-refractivity contribution is 5.95. The molecule has 122 valence electrons. The van der Waals surface area contributed by atoms with E-state index in [0.717, 1.165) is 5.56 Å². The van der Waals surface area contributed by atoms with Crippen LogP contribution >= 0.6 is 0 Å². The van der Waals surface area contributed by atoms with Crippen LogP contribution in [0.3, 0.4) is 0 Å². The number of carbonyl (C=O) groups excluding carboxylic acids is 1. The third-order valence-electron chi connectivity index (χ3n) is 3.66. The monoisotopic (exact) mass is 326 g/mol. The van der Waals surface area contributed by atoms with Crippen molar-refractivity contribution in [1.82, 2.24) is 9.97 Å². The van der Waals surface area contributed by atoms with E-state index < -0.39 is 4.92 Å². The second-order valence-corrected chi connectivity index (χ2v) is 5.36. The highest BCUT2D eigenvalue weighted by Gasteiger charge is 2.16. The number of fused-ring (bicyclic) bond motifs is 1. The maximum Gasteiger partial charge on any atom is 0.323 e. The molecule has 0 spiro atoms. The number of ketones is 1. The van der Waals surface area contributed by atoms with Crippen molar-refractivity contribution < 1.29 is 9.72 Å². The number of H-pyrrole nitrogens is 2. The van der Waals surface area contributed by atoms with Crippen molar-refractivity contribution in [3.8, 4) is 0 Å². The maximum atomic E-state index is 11.4. The second-order valence-electron chi connectivity index (χ2n) is 5.36. The quantitative estimate of drug-likeness (QED) is 0.378. The van der Waals surface area contributed by atoms with E-state index in [1.54, 1.807) is 18.2 Å². The van der Waals surface area contributed by atoms with Gasteiger partial charge in [-0.2, -0.15) is 0 Å². The van der Waals surface area contributed by atoms with Crippen LogP contribution in [0, 0.1) is 10.1 Å². The Bertz CT molecular complexity index is 1000. The summed E-state index contributed by atoms with van der Waals surface area (Å²) >= 11 is 0. The van der Waals surface area contributed by atoms with Crippen molar-refractivity contribution in [3.63, 3.8) is 0 Å². The van der Waals surface area contributed by atoms with Crippen LogP contribution in [-0.4, -0.2) is 20.7 Å². The number of hydrogen-bond donors (Lipinski definition) is 3. The van der Waals surface area contributed by atoms with Gasteiger partial charge in [-0.05, 0) is 36.8 Å². The summed E-state index contributed by atoms with van der Waals surface area (Å²) in [6, 6.07) is 9.69. The molecule has 0 unspecified atom stereocenters. The molecule has 8 nitrogen and oxygen atoms in total. The fraction of sp³-hybridized carbons (Fsp3) is 0.125. The van der Waals surface area contributed by atoms with Crippen LogP contribution in [0.2, 0.25) is 0 Å². The Morgan fingerprint density at radius 3 is 2.62 bits per heavy atom. The minimum absolute atomic E-state index is 0.154. The number of nitro groups is 1. The smallest absolute Gasteiger partial charge is 0.323 e. The van der Waals surface area contributed by atoms with Gasteiger partial charge in [0.1, 0.15) is 5.69 Å². The van der Waals surface area contributed by atoms with Crippen molar-refractivity contribution in [2.75, 3.05) is 5.32 Å². The molecule has 8 heteroatoms. The summed E-state index contributed by atoms with van der Waals surface area (Å²) in [4.78, 5) is 38.6. The normalized spacial score (nSPS) is 10.7. The number of carbonyl (C=O) groups is 1. The zero-order chi connectivity index (χ0) is 17.3. The average Bonchev–Trinajstić information content (AvgIpc) is 2.91. The number of imidazole rings is 1. The van der Waals surface area contributed by atoms with Crippen LogP contribution < -0.4 is 11.0 Å². The summed E-state index contributed by atoms with van der Waals surface area (Å²) in [5.41, 5.74) is 2.39. The Kier molecular flexibility index (Phi) is 3.87. The van der Waals surface area contributed by atoms with Gasteiger partial charge in [-0.25, -0.2) is 4.79 Å². The third kappa shape index (κ3) is 3.02. The topological polar surface area (TPSA) is 121 Å². The molecule has 3 rings (SSSR count). The molecule has 3 N–H and O–H groups in total. The summed E-state index contributed by atoms with van der Waals surface area (Å²) in [6.45, 7) is 1.70. The minimum Gasteiger partial charge on any atom is -0.375 e. The number of nitrogens with one attached hydrogen (secondary N) is 3. The zero-order valence-electron chi connectivity index (χ0n) is 12.8. The largest absolute Gasteiger partial charge is 0.375 e. The van der Waals surface area contributed by atoms with Crippen LogP contribution in [-0.2, 0) is 6.54 Å². The van der Waals surface area contributed by atoms with E-state index in [2.05, 4.69) is 15.3 Å². The summed E-state index contributed by atoms with van der Waals surface area (Å²) in [5.74, 6) is -0.230. The van der Waals surface area contributed by atoms with Gasteiger partial charge in [0.2, 0.25) is 0 Å². The fourth-order valence-corrected chi connectivity index (χ4v) is 2.44. The highest BCUT2D eigenvalue weighted by Crippen LogP contribution is 2.26. The van der Waals surface area contributed by atoms with Crippen molar-refractivity contribution in [3.05, 3.63) is 68.1 Å². The number of rotatable bonds is 5. The molecule has 1 aromatic heterocycles. The molecule has 0 saturated carbocycles. The first-order valence-electron chi connectivity index (χ1n) is 7.18. The van der Waals surface area contributed by atoms with E-state index in [1.807, 2.05) is 6.07 Å². The third-order valence-corrected chi connectivity index (χ3v) is 3.66. The van der Waals surface area contributed by atoms with Gasteiger partial charge in [0, 0.05) is 18.2 Å². The lowest BCUT2D eigenvalue weighted by atomic mass is 10.1. The average molecular weight is 326 g/mol. The summed E-state index contributed by atoms with van der Waals surface area (Å²) < 4.78 is 0. The molecule has 0 bridgehead atoms. The second kappa shape index (κ2) is 5.99. The van der Waals surface area contributed by atoms with Crippen molar-refractivity contribution in [2.24, 2.45) is 0 Å². The van der Waals surface area contributed by atoms with Crippen LogP contribution in [0.4, 0.5) is 11.4 Å². The maximum absolute atomic E-state index is 11.4. The molecule has 1 heterocycles. The lowest BCUT2D eigenvalue weighted by Crippen LogP contribution is -2.04. The van der Waals surface area contributed by atoms with Gasteiger partial charge in [-0.15, -0.1) is 0 Å². The van der Waals surface area contributed by atoms with Crippen LogP contribution in [0.15, 0.2) is 41.2 Å². The lowest BCUT2D eigenvalue weighted by molar-refractivity contribution is -0.384. The van der Waals surface area contributed by atoms with Crippen molar-refractivity contribution >= 4 is 28.2 Å². The van der Waals surface area contributed by atoms with Crippen molar-refractivity contribution in [2.45, 2.75) is 13.5 Å². The summed E-state index contributed by atoms with van der Waals surface area (Å²) in [6.07, 6.45) is 0. The van der Waals surface area contributed by atoms with Crippen molar-refractivity contribution in [1.29, 1.82) is 0 Å². The molecule has 2 aromatic carbocycles. The lowest BCUT2D eigenvalue weighted by Gasteiger charge is -2.08. The standard InChI is InChI=1S/C16H14N4O4/c1-9(21)11-3-5-13(15(7-11)20(23)24)17-8-10-2-4-12-14(6-10)19-16(22)18-12/h2-7,17H,8H2,1H3,(H2,18,19,22). The zero-order valence-corrected chi connectivity index (χ0v) is 12.8. The molecule has 24 heavy (non-hydrogen) atoms. The van der Waals surface area contributed by atoms with Gasteiger partial charge in [0.15, 0.2) is 5.78 Å². The van der Waals surface area contributed by atoms with Gasteiger partial charge >= 0.3 is 5.69 Å². The Hall–Kier alpha value is -3.42. The van der Waals surface area contributed by atoms with Gasteiger partial charge in [-0.1, -0.05) is 6.07 Å². The molecular formula is C16H14N4O4. The fourth-order valence-electron chi connectivity index (χ4n) is 2.44. The molecule has 0 aliphatic heterocycles. The number of benzene rings is 2. The number of aromatic nitrogens is 2. The molecule has 0 amide bonds. The van der Waals surface area contributed by atoms with Gasteiger partial charge < -0.3 is 15.3 Å². The molecule has 0 atom stereocenters. The predicted octanol–water partition coefficient (Wildman–Crippen LogP) is 2.58. The highest BCUT2D eigenvalue weighted by atomic mass is 16.6. The first kappa shape index (κ1) is 15.5. The number of hydrogen-bond acceptors (Lipinski definition) is 5. The molecule has 3 aromatic rings. The van der Waals surface area contributed by atoms with Gasteiger partial charge in [0.25, 0.3) is 5.69 Å². The molecule has 0 fully saturated rings. The summed E-state index contributed by atoms with van der Waals surface area (Å²) in [5, 5.41) is 14.2. The Balaban J connectivity index is 1.85. The molecule has 0 saturated heterocycles. The summed E-state index contributed by atoms with van der Waals surface area (Å²) in [7, 11) is 0. The number of nitrogens with zero attached hydrogens (tertiary/aromatic N) is 1. The number of aromatic amines is 2. The van der Waals surface area contributed by atoms with Gasteiger partial charge in [-0.3, -0.25) is 14.9 Å². The van der Waals surface area contributed by atoms with E-state index >= 15 is 0 Å². The minimum atomic E-state index is -0.526. The number of anilines is 1. The number of nitro benzene ring substituents is 1. The Morgan fingerprint density at radius 2 is 1.92 bits per heavy atom. The first-order chi connectivity index (χ1) is 11.4. The van der Waals surface area contributed by atoms with E-state index in [0.29, 0.717) is 28.8 Å². The van der Waals surface area contributed by atoms with Gasteiger partial charge in [0.05, 0.1) is 16.0 Å². The van der Waals surface area contributed by atoms with Crippen LogP contribution in [0.5, 0.6) is 0 Å². The molecule has 0 aliphatic carbocycles.